The van der Waals surface area contributed by atoms with Crippen molar-refractivity contribution in [3.05, 3.63) is 35.6 Å². The Morgan fingerprint density at radius 1 is 1.25 bits per heavy atom. The second-order valence-corrected chi connectivity index (χ2v) is 2.73. The van der Waals surface area contributed by atoms with E-state index in [1.807, 2.05) is 0 Å². The summed E-state index contributed by atoms with van der Waals surface area (Å²) in [5, 5.41) is 4.27. The maximum atomic E-state index is 12.4. The second-order valence-electron chi connectivity index (χ2n) is 2.73. The van der Waals surface area contributed by atoms with Crippen LogP contribution < -0.4 is 5.32 Å². The first kappa shape index (κ1) is 9.20. The second kappa shape index (κ2) is 4.88. The van der Waals surface area contributed by atoms with Crippen molar-refractivity contribution in [2.75, 3.05) is 6.54 Å². The van der Waals surface area contributed by atoms with Crippen LogP contribution in [-0.4, -0.2) is 6.54 Å². The zero-order valence-electron chi connectivity index (χ0n) is 7.26. The predicted molar refractivity (Wildman–Crippen MR) is 47.4 cm³/mol. The predicted octanol–water partition coefficient (Wildman–Crippen LogP) is 2.34. The highest BCUT2D eigenvalue weighted by molar-refractivity contribution is 5.15. The molecule has 0 fully saturated rings. The van der Waals surface area contributed by atoms with Crippen LogP contribution in [0, 0.1) is 5.82 Å². The molecule has 12 heavy (non-hydrogen) atoms. The molecule has 1 aromatic carbocycles. The highest BCUT2D eigenvalue weighted by Crippen LogP contribution is 2.02. The van der Waals surface area contributed by atoms with Crippen LogP contribution in [0.2, 0.25) is 0 Å². The molecule has 0 N–H and O–H groups in total. The first-order chi connectivity index (χ1) is 5.83. The summed E-state index contributed by atoms with van der Waals surface area (Å²) in [4.78, 5) is 0. The number of halogens is 1. The Morgan fingerprint density at radius 2 is 1.92 bits per heavy atom. The Balaban J connectivity index is 2.37. The molecule has 0 aromatic heterocycles. The summed E-state index contributed by atoms with van der Waals surface area (Å²) >= 11 is 0. The minimum atomic E-state index is -0.186. The SMILES string of the molecule is CCC[N]Cc1ccc(F)cc1. The average molecular weight is 166 g/mol. The maximum absolute atomic E-state index is 12.4. The monoisotopic (exact) mass is 166 g/mol. The van der Waals surface area contributed by atoms with Gasteiger partial charge in [-0.1, -0.05) is 19.1 Å². The van der Waals surface area contributed by atoms with Crippen LogP contribution in [0.4, 0.5) is 4.39 Å². The minimum absolute atomic E-state index is 0.186. The third-order valence-electron chi connectivity index (χ3n) is 1.59. The van der Waals surface area contributed by atoms with Crippen molar-refractivity contribution in [1.29, 1.82) is 0 Å². The van der Waals surface area contributed by atoms with Gasteiger partial charge >= 0.3 is 0 Å². The van der Waals surface area contributed by atoms with Gasteiger partial charge in [-0.25, -0.2) is 9.71 Å². The van der Waals surface area contributed by atoms with Crippen LogP contribution in [0.5, 0.6) is 0 Å². The third-order valence-corrected chi connectivity index (χ3v) is 1.59. The first-order valence-corrected chi connectivity index (χ1v) is 4.20. The molecule has 0 bridgehead atoms. The lowest BCUT2D eigenvalue weighted by Gasteiger charge is -1.99. The van der Waals surface area contributed by atoms with Gasteiger partial charge in [-0.05, 0) is 24.1 Å². The van der Waals surface area contributed by atoms with Crippen molar-refractivity contribution in [1.82, 2.24) is 5.32 Å². The smallest absolute Gasteiger partial charge is 0.123 e. The molecular weight excluding hydrogens is 153 g/mol. The van der Waals surface area contributed by atoms with Crippen LogP contribution in [0.15, 0.2) is 24.3 Å². The molecule has 1 radical (unpaired) electrons. The summed E-state index contributed by atoms with van der Waals surface area (Å²) in [7, 11) is 0. The van der Waals surface area contributed by atoms with Gasteiger partial charge in [0.1, 0.15) is 5.82 Å². The van der Waals surface area contributed by atoms with Crippen molar-refractivity contribution < 1.29 is 4.39 Å². The number of nitrogens with zero attached hydrogens (tertiary/aromatic N) is 1. The molecule has 2 heteroatoms. The molecule has 0 saturated heterocycles. The molecule has 0 aliphatic carbocycles. The van der Waals surface area contributed by atoms with Crippen LogP contribution >= 0.6 is 0 Å². The fourth-order valence-corrected chi connectivity index (χ4v) is 0.956. The molecule has 65 valence electrons. The largest absolute Gasteiger partial charge is 0.237 e. The van der Waals surface area contributed by atoms with Crippen molar-refractivity contribution in [3.63, 3.8) is 0 Å². The Bertz CT molecular complexity index is 218. The van der Waals surface area contributed by atoms with E-state index >= 15 is 0 Å². The van der Waals surface area contributed by atoms with E-state index in [0.29, 0.717) is 6.54 Å². The number of benzene rings is 1. The lowest BCUT2D eigenvalue weighted by Crippen LogP contribution is -2.05. The van der Waals surface area contributed by atoms with E-state index in [1.54, 1.807) is 12.1 Å². The summed E-state index contributed by atoms with van der Waals surface area (Å²) in [6.07, 6.45) is 1.07. The van der Waals surface area contributed by atoms with Crippen molar-refractivity contribution >= 4 is 0 Å². The van der Waals surface area contributed by atoms with Gasteiger partial charge in [-0.3, -0.25) is 0 Å². The van der Waals surface area contributed by atoms with Crippen LogP contribution in [-0.2, 0) is 6.54 Å². The van der Waals surface area contributed by atoms with Crippen LogP contribution in [0.25, 0.3) is 0 Å². The zero-order chi connectivity index (χ0) is 8.81. The number of hydrogen-bond donors (Lipinski definition) is 0. The normalized spacial score (nSPS) is 10.2. The van der Waals surface area contributed by atoms with Crippen molar-refractivity contribution in [2.24, 2.45) is 0 Å². The lowest BCUT2D eigenvalue weighted by atomic mass is 10.2. The Kier molecular flexibility index (Phi) is 3.74. The standard InChI is InChI=1S/C10H13FN/c1-2-7-12-8-9-3-5-10(11)6-4-9/h3-6H,2,7-8H2,1H3. The fourth-order valence-electron chi connectivity index (χ4n) is 0.956. The molecule has 0 spiro atoms. The van der Waals surface area contributed by atoms with E-state index in [9.17, 15) is 4.39 Å². The van der Waals surface area contributed by atoms with Gasteiger partial charge < -0.3 is 0 Å². The summed E-state index contributed by atoms with van der Waals surface area (Å²) in [6, 6.07) is 6.48. The van der Waals surface area contributed by atoms with Gasteiger partial charge in [0, 0.05) is 13.1 Å². The van der Waals surface area contributed by atoms with E-state index in [2.05, 4.69) is 12.2 Å². The Hall–Kier alpha value is -0.890. The van der Waals surface area contributed by atoms with E-state index in [-0.39, 0.29) is 5.82 Å². The molecular formula is C10H13FN. The maximum Gasteiger partial charge on any atom is 0.123 e. The van der Waals surface area contributed by atoms with E-state index in [4.69, 9.17) is 0 Å². The first-order valence-electron chi connectivity index (χ1n) is 4.20. The number of rotatable bonds is 4. The molecule has 0 unspecified atom stereocenters. The van der Waals surface area contributed by atoms with Gasteiger partial charge in [0.05, 0.1) is 0 Å². The van der Waals surface area contributed by atoms with Crippen LogP contribution in [0.3, 0.4) is 0 Å². The fraction of sp³-hybridized carbons (Fsp3) is 0.400. The molecule has 0 atom stereocenters. The van der Waals surface area contributed by atoms with Crippen LogP contribution in [0.1, 0.15) is 18.9 Å². The average Bonchev–Trinajstić information content (AvgIpc) is 2.09. The molecule has 0 heterocycles. The molecule has 0 amide bonds. The lowest BCUT2D eigenvalue weighted by molar-refractivity contribution is 0.623. The highest BCUT2D eigenvalue weighted by Gasteiger charge is 1.92. The summed E-state index contributed by atoms with van der Waals surface area (Å²) in [5.74, 6) is -0.186. The van der Waals surface area contributed by atoms with Gasteiger partial charge in [0.15, 0.2) is 0 Å². The molecule has 0 aliphatic rings. The summed E-state index contributed by atoms with van der Waals surface area (Å²) < 4.78 is 12.4. The third kappa shape index (κ3) is 3.01. The topological polar surface area (TPSA) is 14.1 Å². The minimum Gasteiger partial charge on any atom is -0.237 e. The van der Waals surface area contributed by atoms with E-state index < -0.39 is 0 Å². The molecule has 0 aliphatic heterocycles. The van der Waals surface area contributed by atoms with Crippen molar-refractivity contribution in [2.45, 2.75) is 19.9 Å². The molecule has 0 saturated carbocycles. The number of hydrogen-bond acceptors (Lipinski definition) is 0. The molecule has 1 nitrogen and oxygen atoms in total. The Labute approximate surface area is 72.6 Å². The quantitative estimate of drug-likeness (QED) is 0.609. The van der Waals surface area contributed by atoms with Gasteiger partial charge in [0.25, 0.3) is 0 Å². The summed E-state index contributed by atoms with van der Waals surface area (Å²) in [5.41, 5.74) is 1.07. The van der Waals surface area contributed by atoms with Gasteiger partial charge in [0.2, 0.25) is 0 Å². The zero-order valence-corrected chi connectivity index (χ0v) is 7.26. The Morgan fingerprint density at radius 3 is 2.50 bits per heavy atom. The molecule has 1 aromatic rings. The summed E-state index contributed by atoms with van der Waals surface area (Å²) in [6.45, 7) is 3.68. The van der Waals surface area contributed by atoms with Crippen molar-refractivity contribution in [3.8, 4) is 0 Å². The van der Waals surface area contributed by atoms with E-state index in [1.165, 1.54) is 12.1 Å². The molecule has 1 rings (SSSR count). The highest BCUT2D eigenvalue weighted by atomic mass is 19.1. The van der Waals surface area contributed by atoms with E-state index in [0.717, 1.165) is 18.5 Å². The van der Waals surface area contributed by atoms with Gasteiger partial charge in [-0.15, -0.1) is 0 Å². The van der Waals surface area contributed by atoms with Gasteiger partial charge in [-0.2, -0.15) is 0 Å².